The van der Waals surface area contributed by atoms with Crippen LogP contribution in [-0.2, 0) is 9.59 Å². The summed E-state index contributed by atoms with van der Waals surface area (Å²) in [5, 5.41) is 2.96. The Morgan fingerprint density at radius 2 is 1.86 bits per heavy atom. The van der Waals surface area contributed by atoms with Gasteiger partial charge in [-0.2, -0.15) is 0 Å². The average molecular weight is 379 g/mol. The Morgan fingerprint density at radius 1 is 1.07 bits per heavy atom. The SMILES string of the molecule is O=C(Nc1ccccc1)C1CCCN(C(=O)C2CC(c3ccncc3)NN2)C1. The van der Waals surface area contributed by atoms with Crippen molar-refractivity contribution < 1.29 is 9.59 Å². The van der Waals surface area contributed by atoms with Crippen molar-refractivity contribution in [1.29, 1.82) is 0 Å². The number of carbonyl (C=O) groups is 2. The summed E-state index contributed by atoms with van der Waals surface area (Å²) in [6.45, 7) is 1.17. The predicted molar refractivity (Wildman–Crippen MR) is 106 cm³/mol. The first-order chi connectivity index (χ1) is 13.7. The number of amides is 2. The summed E-state index contributed by atoms with van der Waals surface area (Å²) in [5.41, 5.74) is 8.23. The van der Waals surface area contributed by atoms with E-state index in [4.69, 9.17) is 0 Å². The number of piperidine rings is 1. The van der Waals surface area contributed by atoms with Crippen molar-refractivity contribution >= 4 is 17.5 Å². The minimum atomic E-state index is -0.283. The molecule has 0 radical (unpaired) electrons. The van der Waals surface area contributed by atoms with Crippen molar-refractivity contribution in [2.75, 3.05) is 18.4 Å². The van der Waals surface area contributed by atoms with Crippen molar-refractivity contribution in [3.63, 3.8) is 0 Å². The third kappa shape index (κ3) is 4.21. The summed E-state index contributed by atoms with van der Waals surface area (Å²) in [6.07, 6.45) is 5.84. The fourth-order valence-corrected chi connectivity index (χ4v) is 3.91. The first-order valence-electron chi connectivity index (χ1n) is 9.76. The van der Waals surface area contributed by atoms with E-state index in [1.54, 1.807) is 12.4 Å². The Hall–Kier alpha value is -2.77. The van der Waals surface area contributed by atoms with E-state index in [1.807, 2.05) is 47.4 Å². The number of hydrogen-bond acceptors (Lipinski definition) is 5. The Morgan fingerprint density at radius 3 is 2.64 bits per heavy atom. The van der Waals surface area contributed by atoms with E-state index < -0.39 is 0 Å². The third-order valence-corrected chi connectivity index (χ3v) is 5.45. The molecule has 146 valence electrons. The second-order valence-corrected chi connectivity index (χ2v) is 7.39. The molecule has 0 saturated carbocycles. The van der Waals surface area contributed by atoms with Crippen LogP contribution >= 0.6 is 0 Å². The summed E-state index contributed by atoms with van der Waals surface area (Å²) in [4.78, 5) is 31.5. The molecular weight excluding hydrogens is 354 g/mol. The van der Waals surface area contributed by atoms with Crippen LogP contribution in [-0.4, -0.2) is 40.8 Å². The van der Waals surface area contributed by atoms with Crippen molar-refractivity contribution in [2.45, 2.75) is 31.3 Å². The lowest BCUT2D eigenvalue weighted by molar-refractivity contribution is -0.136. The van der Waals surface area contributed by atoms with Gasteiger partial charge in [0.1, 0.15) is 6.04 Å². The molecule has 2 fully saturated rings. The molecule has 0 spiro atoms. The van der Waals surface area contributed by atoms with Gasteiger partial charge in [-0.3, -0.25) is 14.6 Å². The number of benzene rings is 1. The smallest absolute Gasteiger partial charge is 0.241 e. The van der Waals surface area contributed by atoms with E-state index in [0.29, 0.717) is 19.5 Å². The number of nitrogens with zero attached hydrogens (tertiary/aromatic N) is 2. The molecule has 1 aromatic carbocycles. The first-order valence-corrected chi connectivity index (χ1v) is 9.76. The van der Waals surface area contributed by atoms with Crippen LogP contribution in [0.3, 0.4) is 0 Å². The molecule has 2 aromatic rings. The Kier molecular flexibility index (Phi) is 5.64. The number of hydrazine groups is 1. The molecule has 0 aliphatic carbocycles. The quantitative estimate of drug-likeness (QED) is 0.755. The van der Waals surface area contributed by atoms with E-state index in [-0.39, 0.29) is 29.8 Å². The zero-order valence-corrected chi connectivity index (χ0v) is 15.7. The van der Waals surface area contributed by atoms with E-state index in [2.05, 4.69) is 21.2 Å². The van der Waals surface area contributed by atoms with Gasteiger partial charge < -0.3 is 10.2 Å². The van der Waals surface area contributed by atoms with Gasteiger partial charge in [-0.05, 0) is 49.1 Å². The summed E-state index contributed by atoms with van der Waals surface area (Å²) >= 11 is 0. The van der Waals surface area contributed by atoms with Crippen LogP contribution in [0.25, 0.3) is 0 Å². The lowest BCUT2D eigenvalue weighted by atomic mass is 9.95. The maximum Gasteiger partial charge on any atom is 0.241 e. The zero-order valence-electron chi connectivity index (χ0n) is 15.7. The molecule has 3 N–H and O–H groups in total. The van der Waals surface area contributed by atoms with Crippen LogP contribution in [0.1, 0.15) is 30.9 Å². The molecule has 2 aliphatic heterocycles. The number of pyridine rings is 1. The van der Waals surface area contributed by atoms with Crippen LogP contribution in [0.4, 0.5) is 5.69 Å². The van der Waals surface area contributed by atoms with Gasteiger partial charge in [0.2, 0.25) is 11.8 Å². The van der Waals surface area contributed by atoms with Crippen LogP contribution in [0.2, 0.25) is 0 Å². The van der Waals surface area contributed by atoms with Gasteiger partial charge in [-0.15, -0.1) is 0 Å². The summed E-state index contributed by atoms with van der Waals surface area (Å²) in [7, 11) is 0. The van der Waals surface area contributed by atoms with Gasteiger partial charge in [0.15, 0.2) is 0 Å². The summed E-state index contributed by atoms with van der Waals surface area (Å²) in [5.74, 6) is -0.139. The number of carbonyl (C=O) groups excluding carboxylic acids is 2. The normalized spacial score (nSPS) is 24.7. The van der Waals surface area contributed by atoms with Gasteiger partial charge >= 0.3 is 0 Å². The molecular formula is C21H25N5O2. The van der Waals surface area contributed by atoms with Crippen molar-refractivity contribution in [1.82, 2.24) is 20.7 Å². The van der Waals surface area contributed by atoms with Gasteiger partial charge in [0.25, 0.3) is 0 Å². The Balaban J connectivity index is 1.34. The molecule has 3 atom stereocenters. The molecule has 28 heavy (non-hydrogen) atoms. The van der Waals surface area contributed by atoms with Crippen molar-refractivity contribution in [2.24, 2.45) is 5.92 Å². The maximum absolute atomic E-state index is 13.0. The van der Waals surface area contributed by atoms with Gasteiger partial charge in [0.05, 0.1) is 5.92 Å². The lowest BCUT2D eigenvalue weighted by Crippen LogP contribution is -2.50. The standard InChI is InChI=1S/C21H25N5O2/c27-20(23-17-6-2-1-3-7-17)16-5-4-12-26(14-16)21(28)19-13-18(24-25-19)15-8-10-22-11-9-15/h1-3,6-11,16,18-19,24-25H,4-5,12-14H2,(H,23,27). The summed E-state index contributed by atoms with van der Waals surface area (Å²) < 4.78 is 0. The molecule has 0 bridgehead atoms. The summed E-state index contributed by atoms with van der Waals surface area (Å²) in [6, 6.07) is 13.2. The second-order valence-electron chi connectivity index (χ2n) is 7.39. The highest BCUT2D eigenvalue weighted by Gasteiger charge is 2.36. The largest absolute Gasteiger partial charge is 0.341 e. The highest BCUT2D eigenvalue weighted by atomic mass is 16.2. The van der Waals surface area contributed by atoms with E-state index in [1.165, 1.54) is 0 Å². The molecule has 3 heterocycles. The second kappa shape index (κ2) is 8.50. The van der Waals surface area contributed by atoms with E-state index >= 15 is 0 Å². The molecule has 2 amide bonds. The lowest BCUT2D eigenvalue weighted by Gasteiger charge is -2.33. The average Bonchev–Trinajstić information content (AvgIpc) is 3.25. The minimum absolute atomic E-state index is 0.0177. The Bertz CT molecular complexity index is 814. The highest BCUT2D eigenvalue weighted by Crippen LogP contribution is 2.25. The van der Waals surface area contributed by atoms with Crippen LogP contribution in [0, 0.1) is 5.92 Å². The fourth-order valence-electron chi connectivity index (χ4n) is 3.91. The van der Waals surface area contributed by atoms with Crippen LogP contribution in [0.15, 0.2) is 54.9 Å². The van der Waals surface area contributed by atoms with Gasteiger partial charge in [-0.1, -0.05) is 18.2 Å². The number of nitrogens with one attached hydrogen (secondary N) is 3. The monoisotopic (exact) mass is 379 g/mol. The molecule has 7 heteroatoms. The van der Waals surface area contributed by atoms with Crippen molar-refractivity contribution in [3.8, 4) is 0 Å². The van der Waals surface area contributed by atoms with E-state index in [9.17, 15) is 9.59 Å². The molecule has 1 aromatic heterocycles. The number of aromatic nitrogens is 1. The maximum atomic E-state index is 13.0. The first kappa shape index (κ1) is 18.6. The fraction of sp³-hybridized carbons (Fsp3) is 0.381. The Labute approximate surface area is 164 Å². The highest BCUT2D eigenvalue weighted by molar-refractivity contribution is 5.93. The van der Waals surface area contributed by atoms with Crippen molar-refractivity contribution in [3.05, 3.63) is 60.4 Å². The molecule has 7 nitrogen and oxygen atoms in total. The van der Waals surface area contributed by atoms with E-state index in [0.717, 1.165) is 24.1 Å². The van der Waals surface area contributed by atoms with Crippen LogP contribution < -0.4 is 16.2 Å². The molecule has 3 unspecified atom stereocenters. The number of rotatable bonds is 4. The third-order valence-electron chi connectivity index (χ3n) is 5.45. The number of hydrogen-bond donors (Lipinski definition) is 3. The number of para-hydroxylation sites is 1. The van der Waals surface area contributed by atoms with Crippen LogP contribution in [0.5, 0.6) is 0 Å². The minimum Gasteiger partial charge on any atom is -0.341 e. The molecule has 4 rings (SSSR count). The molecule has 2 aliphatic rings. The zero-order chi connectivity index (χ0) is 19.3. The topological polar surface area (TPSA) is 86.4 Å². The van der Waals surface area contributed by atoms with Gasteiger partial charge in [-0.25, -0.2) is 10.9 Å². The predicted octanol–water partition coefficient (Wildman–Crippen LogP) is 1.87. The molecule has 2 saturated heterocycles. The number of anilines is 1. The number of likely N-dealkylation sites (tertiary alicyclic amines) is 1. The van der Waals surface area contributed by atoms with Gasteiger partial charge in [0, 0.05) is 37.2 Å².